The normalized spacial score (nSPS) is 10.7. The molecule has 0 radical (unpaired) electrons. The third kappa shape index (κ3) is 2.46. The van der Waals surface area contributed by atoms with Crippen LogP contribution in [-0.2, 0) is 9.59 Å². The molecular formula is C13H10O4S. The summed E-state index contributed by atoms with van der Waals surface area (Å²) in [4.78, 5) is 22.4. The number of carboxylic acids is 2. The molecule has 0 atom stereocenters. The molecule has 5 heteroatoms. The summed E-state index contributed by atoms with van der Waals surface area (Å²) < 4.78 is 0. The van der Waals surface area contributed by atoms with E-state index in [1.54, 1.807) is 12.1 Å². The number of rotatable bonds is 4. The fourth-order valence-corrected chi connectivity index (χ4v) is 2.56. The summed E-state index contributed by atoms with van der Waals surface area (Å²) in [5.74, 6) is -2.69. The van der Waals surface area contributed by atoms with E-state index in [2.05, 4.69) is 0 Å². The fraction of sp³-hybridized carbons (Fsp3) is 0.0769. The molecule has 0 aliphatic rings. The van der Waals surface area contributed by atoms with E-state index < -0.39 is 17.2 Å². The van der Waals surface area contributed by atoms with Crippen LogP contribution in [0.4, 0.5) is 0 Å². The van der Waals surface area contributed by atoms with Gasteiger partial charge < -0.3 is 10.2 Å². The van der Waals surface area contributed by atoms with E-state index in [1.165, 1.54) is 0 Å². The molecule has 0 fully saturated rings. The largest absolute Gasteiger partial charge is 0.480 e. The number of hydrogen-bond acceptors (Lipinski definition) is 3. The number of carboxylic acid groups (broad SMARTS) is 2. The van der Waals surface area contributed by atoms with Gasteiger partial charge in [0.05, 0.1) is 0 Å². The smallest absolute Gasteiger partial charge is 0.328 e. The second-order valence-electron chi connectivity index (χ2n) is 3.65. The van der Waals surface area contributed by atoms with Crippen LogP contribution in [0.3, 0.4) is 0 Å². The fourth-order valence-electron chi connectivity index (χ4n) is 1.63. The second-order valence-corrected chi connectivity index (χ2v) is 4.80. The molecule has 0 aromatic heterocycles. The molecule has 18 heavy (non-hydrogen) atoms. The molecule has 0 aliphatic heterocycles. The van der Waals surface area contributed by atoms with E-state index in [9.17, 15) is 9.59 Å². The molecule has 2 aromatic rings. The molecule has 92 valence electrons. The Hall–Kier alpha value is -2.01. The van der Waals surface area contributed by atoms with Crippen molar-refractivity contribution < 1.29 is 19.8 Å². The minimum absolute atomic E-state index is 0.655. The summed E-state index contributed by atoms with van der Waals surface area (Å²) in [6, 6.07) is 12.9. The average Bonchev–Trinajstić information content (AvgIpc) is 2.35. The first-order valence-corrected chi connectivity index (χ1v) is 6.07. The van der Waals surface area contributed by atoms with Gasteiger partial charge in [-0.1, -0.05) is 48.2 Å². The molecule has 0 amide bonds. The van der Waals surface area contributed by atoms with Gasteiger partial charge in [-0.05, 0) is 16.8 Å². The zero-order valence-electron chi connectivity index (χ0n) is 9.24. The average molecular weight is 262 g/mol. The third-order valence-electron chi connectivity index (χ3n) is 2.44. The van der Waals surface area contributed by atoms with Gasteiger partial charge in [0.25, 0.3) is 0 Å². The summed E-state index contributed by atoms with van der Waals surface area (Å²) in [6.45, 7) is 0. The quantitative estimate of drug-likeness (QED) is 0.654. The van der Waals surface area contributed by atoms with Crippen molar-refractivity contribution in [2.24, 2.45) is 0 Å². The van der Waals surface area contributed by atoms with Gasteiger partial charge in [0.2, 0.25) is 5.25 Å². The maximum absolute atomic E-state index is 10.9. The first kappa shape index (κ1) is 12.4. The van der Waals surface area contributed by atoms with Crippen LogP contribution in [0.2, 0.25) is 0 Å². The van der Waals surface area contributed by atoms with Crippen molar-refractivity contribution in [3.8, 4) is 0 Å². The van der Waals surface area contributed by atoms with Crippen molar-refractivity contribution in [1.82, 2.24) is 0 Å². The molecule has 2 aromatic carbocycles. The number of carbonyl (C=O) groups is 2. The summed E-state index contributed by atoms with van der Waals surface area (Å²) in [5, 5.41) is 18.1. The van der Waals surface area contributed by atoms with Crippen LogP contribution in [0.15, 0.2) is 47.4 Å². The van der Waals surface area contributed by atoms with Crippen LogP contribution in [0.5, 0.6) is 0 Å². The van der Waals surface area contributed by atoms with Gasteiger partial charge in [0, 0.05) is 4.90 Å². The van der Waals surface area contributed by atoms with E-state index in [-0.39, 0.29) is 0 Å². The van der Waals surface area contributed by atoms with E-state index in [0.29, 0.717) is 4.90 Å². The Kier molecular flexibility index (Phi) is 3.53. The molecule has 0 unspecified atom stereocenters. The Labute approximate surface area is 107 Å². The summed E-state index contributed by atoms with van der Waals surface area (Å²) in [6.07, 6.45) is 0. The van der Waals surface area contributed by atoms with Crippen LogP contribution < -0.4 is 0 Å². The van der Waals surface area contributed by atoms with Gasteiger partial charge in [0.15, 0.2) is 0 Å². The Morgan fingerprint density at radius 3 is 2.22 bits per heavy atom. The molecule has 0 saturated heterocycles. The van der Waals surface area contributed by atoms with E-state index in [4.69, 9.17) is 10.2 Å². The van der Waals surface area contributed by atoms with Gasteiger partial charge in [-0.15, -0.1) is 0 Å². The van der Waals surface area contributed by atoms with Gasteiger partial charge in [-0.2, -0.15) is 0 Å². The molecule has 2 rings (SSSR count). The molecule has 0 saturated carbocycles. The predicted octanol–water partition coefficient (Wildman–Crippen LogP) is 2.47. The monoisotopic (exact) mass is 262 g/mol. The number of hydrogen-bond donors (Lipinski definition) is 2. The molecule has 0 aliphatic carbocycles. The molecule has 4 nitrogen and oxygen atoms in total. The lowest BCUT2D eigenvalue weighted by Gasteiger charge is -2.09. The highest BCUT2D eigenvalue weighted by molar-refractivity contribution is 8.01. The minimum atomic E-state index is -1.49. The van der Waals surface area contributed by atoms with Crippen LogP contribution in [0.1, 0.15) is 0 Å². The topological polar surface area (TPSA) is 74.6 Å². The molecule has 0 spiro atoms. The van der Waals surface area contributed by atoms with Crippen molar-refractivity contribution in [2.45, 2.75) is 10.1 Å². The highest BCUT2D eigenvalue weighted by Crippen LogP contribution is 2.31. The van der Waals surface area contributed by atoms with E-state index in [0.717, 1.165) is 22.5 Å². The van der Waals surface area contributed by atoms with Crippen LogP contribution >= 0.6 is 11.8 Å². The Morgan fingerprint density at radius 1 is 0.944 bits per heavy atom. The van der Waals surface area contributed by atoms with Crippen LogP contribution in [0, 0.1) is 0 Å². The predicted molar refractivity (Wildman–Crippen MR) is 68.9 cm³/mol. The first-order chi connectivity index (χ1) is 8.59. The molecular weight excluding hydrogens is 252 g/mol. The molecule has 0 bridgehead atoms. The zero-order valence-corrected chi connectivity index (χ0v) is 10.1. The van der Waals surface area contributed by atoms with E-state index in [1.807, 2.05) is 30.3 Å². The standard InChI is InChI=1S/C13H10O4S/c14-12(15)11(13(16)17)18-10-7-3-5-8-4-1-2-6-9(8)10/h1-7,11H,(H,14,15)(H,16,17). The highest BCUT2D eigenvalue weighted by atomic mass is 32.2. The Morgan fingerprint density at radius 2 is 1.56 bits per heavy atom. The third-order valence-corrected chi connectivity index (χ3v) is 3.69. The van der Waals surface area contributed by atoms with Crippen molar-refractivity contribution >= 4 is 34.5 Å². The van der Waals surface area contributed by atoms with Crippen molar-refractivity contribution in [1.29, 1.82) is 0 Å². The van der Waals surface area contributed by atoms with Crippen molar-refractivity contribution in [3.05, 3.63) is 42.5 Å². The molecule has 0 heterocycles. The minimum Gasteiger partial charge on any atom is -0.480 e. The number of benzene rings is 2. The second kappa shape index (κ2) is 5.10. The summed E-state index contributed by atoms with van der Waals surface area (Å²) in [7, 11) is 0. The highest BCUT2D eigenvalue weighted by Gasteiger charge is 2.27. The van der Waals surface area contributed by atoms with Gasteiger partial charge in [0.1, 0.15) is 0 Å². The van der Waals surface area contributed by atoms with Gasteiger partial charge in [-0.3, -0.25) is 9.59 Å². The maximum atomic E-state index is 10.9. The number of thioether (sulfide) groups is 1. The van der Waals surface area contributed by atoms with Crippen molar-refractivity contribution in [2.75, 3.05) is 0 Å². The van der Waals surface area contributed by atoms with E-state index >= 15 is 0 Å². The Balaban J connectivity index is 2.42. The van der Waals surface area contributed by atoms with Gasteiger partial charge >= 0.3 is 11.9 Å². The number of aliphatic carboxylic acids is 2. The summed E-state index contributed by atoms with van der Waals surface area (Å²) in [5.41, 5.74) is 0. The first-order valence-electron chi connectivity index (χ1n) is 5.19. The van der Waals surface area contributed by atoms with Gasteiger partial charge in [-0.25, -0.2) is 0 Å². The van der Waals surface area contributed by atoms with Crippen LogP contribution in [0.25, 0.3) is 10.8 Å². The lowest BCUT2D eigenvalue weighted by Crippen LogP contribution is -2.26. The lowest BCUT2D eigenvalue weighted by molar-refractivity contribution is -0.146. The maximum Gasteiger partial charge on any atom is 0.328 e. The lowest BCUT2D eigenvalue weighted by atomic mass is 10.1. The van der Waals surface area contributed by atoms with Crippen LogP contribution in [-0.4, -0.2) is 27.4 Å². The molecule has 2 N–H and O–H groups in total. The zero-order chi connectivity index (χ0) is 13.1. The Bertz CT molecular complexity index is 589. The SMILES string of the molecule is O=C(O)C(Sc1cccc2ccccc12)C(=O)O. The van der Waals surface area contributed by atoms with Crippen molar-refractivity contribution in [3.63, 3.8) is 0 Å². The summed E-state index contributed by atoms with van der Waals surface area (Å²) >= 11 is 0.835. The number of fused-ring (bicyclic) bond motifs is 1.